The number of hydrogen-bond donors (Lipinski definition) is 0. The highest BCUT2D eigenvalue weighted by Gasteiger charge is 2.28. The van der Waals surface area contributed by atoms with E-state index >= 15 is 0 Å². The maximum Gasteiger partial charge on any atom is 0.312 e. The van der Waals surface area contributed by atoms with Crippen molar-refractivity contribution in [3.05, 3.63) is 118 Å². The third-order valence-corrected chi connectivity index (χ3v) is 9.49. The molecule has 0 unspecified atom stereocenters. The summed E-state index contributed by atoms with van der Waals surface area (Å²) in [7, 11) is 1.70. The minimum absolute atomic E-state index is 0.358. The minimum Gasteiger partial charge on any atom is -0.488 e. The summed E-state index contributed by atoms with van der Waals surface area (Å²) in [5.41, 5.74) is 9.03. The van der Waals surface area contributed by atoms with E-state index in [4.69, 9.17) is 4.74 Å². The average molecular weight is 622 g/mol. The van der Waals surface area contributed by atoms with Gasteiger partial charge >= 0.3 is 11.8 Å². The van der Waals surface area contributed by atoms with Crippen LogP contribution in [0.2, 0.25) is 0 Å². The summed E-state index contributed by atoms with van der Waals surface area (Å²) in [5.74, 6) is -0.0629. The number of rotatable bonds is 8. The monoisotopic (exact) mass is 621 g/mol. The molecule has 5 rings (SSSR count). The van der Waals surface area contributed by atoms with Gasteiger partial charge in [0.25, 0.3) is 0 Å². The first-order chi connectivity index (χ1) is 21.6. The van der Waals surface area contributed by atoms with Crippen LogP contribution >= 0.6 is 11.8 Å². The lowest BCUT2D eigenvalue weighted by molar-refractivity contribution is -0.151. The van der Waals surface area contributed by atoms with Gasteiger partial charge in [0.1, 0.15) is 12.4 Å². The first-order valence-electron chi connectivity index (χ1n) is 15.5. The second-order valence-corrected chi connectivity index (χ2v) is 13.3. The number of anilines is 1. The van der Waals surface area contributed by atoms with Crippen LogP contribution in [0.4, 0.5) is 5.69 Å². The van der Waals surface area contributed by atoms with Crippen molar-refractivity contribution >= 4 is 29.3 Å². The average Bonchev–Trinajstić information content (AvgIpc) is 3.02. The van der Waals surface area contributed by atoms with Gasteiger partial charge in [0.05, 0.1) is 0 Å². The van der Waals surface area contributed by atoms with Crippen LogP contribution in [0.5, 0.6) is 5.75 Å². The van der Waals surface area contributed by atoms with Crippen molar-refractivity contribution in [1.82, 2.24) is 9.80 Å². The Morgan fingerprint density at radius 2 is 1.36 bits per heavy atom. The van der Waals surface area contributed by atoms with Gasteiger partial charge in [-0.2, -0.15) is 0 Å². The molecule has 0 aliphatic carbocycles. The molecule has 45 heavy (non-hydrogen) atoms. The van der Waals surface area contributed by atoms with E-state index in [1.54, 1.807) is 23.7 Å². The van der Waals surface area contributed by atoms with Crippen LogP contribution in [0, 0.1) is 34.6 Å². The second kappa shape index (κ2) is 14.2. The molecule has 0 spiro atoms. The molecule has 0 saturated carbocycles. The number of hydrogen-bond acceptors (Lipinski definition) is 5. The Labute approximate surface area is 272 Å². The van der Waals surface area contributed by atoms with Crippen LogP contribution in [0.3, 0.4) is 0 Å². The molecule has 1 fully saturated rings. The van der Waals surface area contributed by atoms with Crippen molar-refractivity contribution in [2.75, 3.05) is 38.1 Å². The summed E-state index contributed by atoms with van der Waals surface area (Å²) >= 11 is 1.77. The van der Waals surface area contributed by atoms with E-state index in [1.807, 2.05) is 26.0 Å². The Morgan fingerprint density at radius 1 is 0.733 bits per heavy atom. The van der Waals surface area contributed by atoms with Gasteiger partial charge in [0.15, 0.2) is 0 Å². The third-order valence-electron chi connectivity index (χ3n) is 8.30. The molecule has 1 aliphatic rings. The topological polar surface area (TPSA) is 53.1 Å². The highest BCUT2D eigenvalue weighted by Crippen LogP contribution is 2.32. The molecule has 0 atom stereocenters. The Bertz CT molecular complexity index is 1640. The number of amides is 2. The molecule has 4 aromatic carbocycles. The van der Waals surface area contributed by atoms with Crippen molar-refractivity contribution in [3.63, 3.8) is 0 Å². The lowest BCUT2D eigenvalue weighted by Gasteiger charge is -2.36. The molecule has 7 heteroatoms. The van der Waals surface area contributed by atoms with Gasteiger partial charge in [0.2, 0.25) is 0 Å². The highest BCUT2D eigenvalue weighted by molar-refractivity contribution is 7.99. The molecule has 6 nitrogen and oxygen atoms in total. The van der Waals surface area contributed by atoms with Crippen molar-refractivity contribution in [2.24, 2.45) is 0 Å². The van der Waals surface area contributed by atoms with Crippen LogP contribution in [0.1, 0.15) is 38.9 Å². The van der Waals surface area contributed by atoms with Gasteiger partial charge < -0.3 is 19.4 Å². The normalized spacial score (nSPS) is 13.1. The van der Waals surface area contributed by atoms with Crippen LogP contribution in [0.15, 0.2) is 88.7 Å². The predicted molar refractivity (Wildman–Crippen MR) is 183 cm³/mol. The number of nitrogens with zero attached hydrogens (tertiary/aromatic N) is 3. The molecule has 0 N–H and O–H groups in total. The Kier molecular flexibility index (Phi) is 10.2. The Morgan fingerprint density at radius 3 is 1.98 bits per heavy atom. The van der Waals surface area contributed by atoms with E-state index in [0.29, 0.717) is 39.3 Å². The van der Waals surface area contributed by atoms with E-state index in [0.717, 1.165) is 33.7 Å². The second-order valence-electron chi connectivity index (χ2n) is 12.1. The fourth-order valence-corrected chi connectivity index (χ4v) is 6.66. The number of aryl methyl sites for hydroxylation is 5. The number of benzene rings is 4. The van der Waals surface area contributed by atoms with Crippen LogP contribution < -0.4 is 9.64 Å². The molecule has 2 amide bonds. The lowest BCUT2D eigenvalue weighted by Crippen LogP contribution is -2.52. The molecule has 1 saturated heterocycles. The smallest absolute Gasteiger partial charge is 0.312 e. The summed E-state index contributed by atoms with van der Waals surface area (Å²) in [6.07, 6.45) is 0. The van der Waals surface area contributed by atoms with Crippen LogP contribution in [0.25, 0.3) is 0 Å². The largest absolute Gasteiger partial charge is 0.488 e. The van der Waals surface area contributed by atoms with Crippen molar-refractivity contribution in [1.29, 1.82) is 0 Å². The van der Waals surface area contributed by atoms with Gasteiger partial charge in [-0.15, -0.1) is 0 Å². The standard InChI is InChI=1S/C38H43N3O3S/c1-26-7-10-31(11-8-26)25-44-36-29(4)22-32(23-30(36)5)24-39(6)37(42)38(43)41-19-17-40(18-20-41)33-12-14-34(15-13-33)45-35-16-9-27(2)21-28(35)3/h7-16,21-23H,17-20,24-25H2,1-6H3. The van der Waals surface area contributed by atoms with Gasteiger partial charge in [-0.25, -0.2) is 0 Å². The lowest BCUT2D eigenvalue weighted by atomic mass is 10.0. The molecule has 234 valence electrons. The van der Waals surface area contributed by atoms with E-state index in [2.05, 4.69) is 92.4 Å². The summed E-state index contributed by atoms with van der Waals surface area (Å²) in [6.45, 7) is 13.6. The SMILES string of the molecule is Cc1ccc(COc2c(C)cc(CN(C)C(=O)C(=O)N3CCN(c4ccc(Sc5ccc(C)cc5C)cc4)CC3)cc2C)cc1. The number of ether oxygens (including phenoxy) is 1. The summed E-state index contributed by atoms with van der Waals surface area (Å²) < 4.78 is 6.15. The minimum atomic E-state index is -0.480. The van der Waals surface area contributed by atoms with Gasteiger partial charge in [-0.05, 0) is 92.8 Å². The van der Waals surface area contributed by atoms with Crippen molar-refractivity contribution < 1.29 is 14.3 Å². The molecule has 0 bridgehead atoms. The maximum atomic E-state index is 13.2. The number of piperazine rings is 1. The van der Waals surface area contributed by atoms with Gasteiger partial charge in [0, 0.05) is 55.2 Å². The Balaban J connectivity index is 1.11. The van der Waals surface area contributed by atoms with E-state index in [1.165, 1.54) is 31.4 Å². The van der Waals surface area contributed by atoms with E-state index in [-0.39, 0.29) is 0 Å². The molecule has 4 aromatic rings. The predicted octanol–water partition coefficient (Wildman–Crippen LogP) is 7.27. The molecule has 1 aliphatic heterocycles. The van der Waals surface area contributed by atoms with Gasteiger partial charge in [-0.1, -0.05) is 71.4 Å². The summed E-state index contributed by atoms with van der Waals surface area (Å²) in [6, 6.07) is 27.5. The van der Waals surface area contributed by atoms with Crippen LogP contribution in [-0.2, 0) is 22.7 Å². The molecule has 0 aromatic heterocycles. The molecule has 0 radical (unpaired) electrons. The highest BCUT2D eigenvalue weighted by atomic mass is 32.2. The number of likely N-dealkylation sites (N-methyl/N-ethyl adjacent to an activating group) is 1. The number of carbonyl (C=O) groups excluding carboxylic acids is 2. The van der Waals surface area contributed by atoms with E-state index < -0.39 is 11.8 Å². The molecular weight excluding hydrogens is 579 g/mol. The quantitative estimate of drug-likeness (QED) is 0.194. The fourth-order valence-electron chi connectivity index (χ4n) is 5.78. The Hall–Kier alpha value is -4.23. The zero-order valence-electron chi connectivity index (χ0n) is 27.2. The zero-order chi connectivity index (χ0) is 32.1. The fraction of sp³-hybridized carbons (Fsp3) is 0.316. The molecular formula is C38H43N3O3S. The maximum absolute atomic E-state index is 13.2. The van der Waals surface area contributed by atoms with Crippen molar-refractivity contribution in [2.45, 2.75) is 57.6 Å². The first kappa shape index (κ1) is 32.2. The summed E-state index contributed by atoms with van der Waals surface area (Å²) in [4.78, 5) is 34.2. The number of carbonyl (C=O) groups is 2. The first-order valence-corrected chi connectivity index (χ1v) is 16.3. The van der Waals surface area contributed by atoms with E-state index in [9.17, 15) is 9.59 Å². The molecule has 1 heterocycles. The van der Waals surface area contributed by atoms with Gasteiger partial charge in [-0.3, -0.25) is 9.59 Å². The van der Waals surface area contributed by atoms with Crippen molar-refractivity contribution in [3.8, 4) is 5.75 Å². The summed E-state index contributed by atoms with van der Waals surface area (Å²) in [5, 5.41) is 0. The zero-order valence-corrected chi connectivity index (χ0v) is 28.0. The third kappa shape index (κ3) is 8.08. The van der Waals surface area contributed by atoms with Crippen LogP contribution in [-0.4, -0.2) is 54.8 Å².